The van der Waals surface area contributed by atoms with E-state index in [-0.39, 0.29) is 11.9 Å². The summed E-state index contributed by atoms with van der Waals surface area (Å²) in [4.78, 5) is 30.4. The van der Waals surface area contributed by atoms with Crippen molar-refractivity contribution in [3.8, 4) is 6.07 Å². The van der Waals surface area contributed by atoms with E-state index >= 15 is 0 Å². The summed E-state index contributed by atoms with van der Waals surface area (Å²) >= 11 is 1.23. The molecule has 1 N–H and O–H groups in total. The van der Waals surface area contributed by atoms with Crippen molar-refractivity contribution in [2.75, 3.05) is 19.3 Å². The number of rotatable bonds is 3. The molecule has 118 valence electrons. The molecule has 6 nitrogen and oxygen atoms in total. The number of thioether (sulfide) groups is 1. The molecular formula is C15H20N4O2S. The summed E-state index contributed by atoms with van der Waals surface area (Å²) in [6.45, 7) is 5.97. The van der Waals surface area contributed by atoms with Crippen molar-refractivity contribution in [1.82, 2.24) is 10.2 Å². The van der Waals surface area contributed by atoms with Gasteiger partial charge in [-0.15, -0.1) is 11.8 Å². The van der Waals surface area contributed by atoms with Gasteiger partial charge in [-0.1, -0.05) is 0 Å². The van der Waals surface area contributed by atoms with Gasteiger partial charge < -0.3 is 5.32 Å². The third-order valence-corrected chi connectivity index (χ3v) is 4.63. The van der Waals surface area contributed by atoms with Gasteiger partial charge in [-0.05, 0) is 32.6 Å². The molecule has 2 amide bonds. The van der Waals surface area contributed by atoms with Gasteiger partial charge in [0.05, 0.1) is 5.57 Å². The molecular weight excluding hydrogens is 300 g/mol. The molecule has 2 atom stereocenters. The lowest BCUT2D eigenvalue weighted by Gasteiger charge is -2.21. The predicted octanol–water partition coefficient (Wildman–Crippen LogP) is 0.953. The highest BCUT2D eigenvalue weighted by atomic mass is 32.2. The van der Waals surface area contributed by atoms with Crippen LogP contribution in [0.25, 0.3) is 0 Å². The van der Waals surface area contributed by atoms with E-state index in [0.29, 0.717) is 16.7 Å². The molecule has 22 heavy (non-hydrogen) atoms. The second-order valence-corrected chi connectivity index (χ2v) is 6.51. The summed E-state index contributed by atoms with van der Waals surface area (Å²) in [5, 5.41) is 12.4. The van der Waals surface area contributed by atoms with Gasteiger partial charge in [0.15, 0.2) is 0 Å². The van der Waals surface area contributed by atoms with Crippen LogP contribution in [0.15, 0.2) is 16.6 Å². The Labute approximate surface area is 134 Å². The van der Waals surface area contributed by atoms with Crippen LogP contribution in [-0.2, 0) is 9.59 Å². The Bertz CT molecular complexity index is 577. The fourth-order valence-corrected chi connectivity index (χ4v) is 3.15. The van der Waals surface area contributed by atoms with Crippen LogP contribution in [-0.4, -0.2) is 53.2 Å². The summed E-state index contributed by atoms with van der Waals surface area (Å²) in [6.07, 6.45) is 4.04. The highest BCUT2D eigenvalue weighted by molar-refractivity contribution is 8.13. The summed E-state index contributed by atoms with van der Waals surface area (Å²) in [6, 6.07) is 2.49. The monoisotopic (exact) mass is 320 g/mol. The van der Waals surface area contributed by atoms with Crippen molar-refractivity contribution >= 4 is 28.6 Å². The van der Waals surface area contributed by atoms with Crippen LogP contribution in [0.1, 0.15) is 20.3 Å². The third kappa shape index (κ3) is 3.57. The van der Waals surface area contributed by atoms with Gasteiger partial charge in [0.25, 0.3) is 5.91 Å². The molecule has 0 radical (unpaired) electrons. The van der Waals surface area contributed by atoms with Gasteiger partial charge >= 0.3 is 0 Å². The van der Waals surface area contributed by atoms with Crippen molar-refractivity contribution in [2.45, 2.75) is 32.4 Å². The van der Waals surface area contributed by atoms with Crippen molar-refractivity contribution in [3.05, 3.63) is 11.6 Å². The summed E-state index contributed by atoms with van der Waals surface area (Å²) in [5.41, 5.74) is 0.294. The molecule has 1 fully saturated rings. The Morgan fingerprint density at radius 1 is 1.59 bits per heavy atom. The quantitative estimate of drug-likeness (QED) is 0.783. The first-order chi connectivity index (χ1) is 10.5. The van der Waals surface area contributed by atoms with Gasteiger partial charge in [-0.2, -0.15) is 5.26 Å². The first kappa shape index (κ1) is 16.7. The topological polar surface area (TPSA) is 85.6 Å². The maximum atomic E-state index is 12.3. The van der Waals surface area contributed by atoms with Crippen LogP contribution in [0, 0.1) is 17.2 Å². The first-order valence-electron chi connectivity index (χ1n) is 7.29. The first-order valence-corrected chi connectivity index (χ1v) is 8.52. The Kier molecular flexibility index (Phi) is 5.37. The molecule has 7 heteroatoms. The largest absolute Gasteiger partial charge is 0.351 e. The Morgan fingerprint density at radius 2 is 2.32 bits per heavy atom. The SMILES string of the molecule is CSC1=NC(=O)C(C(=O)NC2CCN(C(C)C)C2)C=C1C#N. The van der Waals surface area contributed by atoms with E-state index in [1.165, 1.54) is 17.8 Å². The third-order valence-electron chi connectivity index (χ3n) is 3.93. The van der Waals surface area contributed by atoms with Gasteiger partial charge in [-0.25, -0.2) is 4.99 Å². The number of hydrogen-bond acceptors (Lipinski definition) is 5. The molecule has 2 aliphatic heterocycles. The highest BCUT2D eigenvalue weighted by Gasteiger charge is 2.33. The zero-order valence-corrected chi connectivity index (χ0v) is 13.8. The summed E-state index contributed by atoms with van der Waals surface area (Å²) < 4.78 is 0. The lowest BCUT2D eigenvalue weighted by molar-refractivity contribution is -0.131. The van der Waals surface area contributed by atoms with Crippen LogP contribution >= 0.6 is 11.8 Å². The van der Waals surface area contributed by atoms with E-state index in [0.717, 1.165) is 19.5 Å². The van der Waals surface area contributed by atoms with Crippen molar-refractivity contribution < 1.29 is 9.59 Å². The average molecular weight is 320 g/mol. The van der Waals surface area contributed by atoms with Gasteiger partial charge in [0.2, 0.25) is 5.91 Å². The van der Waals surface area contributed by atoms with Crippen molar-refractivity contribution in [2.24, 2.45) is 10.9 Å². The average Bonchev–Trinajstić information content (AvgIpc) is 2.95. The molecule has 2 unspecified atom stereocenters. The minimum Gasteiger partial charge on any atom is -0.351 e. The number of carbonyl (C=O) groups excluding carboxylic acids is 2. The number of amides is 2. The molecule has 2 aliphatic rings. The summed E-state index contributed by atoms with van der Waals surface area (Å²) in [5.74, 6) is -1.85. The Balaban J connectivity index is 2.02. The molecule has 0 aromatic rings. The number of likely N-dealkylation sites (tertiary alicyclic amines) is 1. The molecule has 0 saturated carbocycles. The molecule has 2 heterocycles. The van der Waals surface area contributed by atoms with Crippen LogP contribution in [0.2, 0.25) is 0 Å². The fourth-order valence-electron chi connectivity index (χ4n) is 2.63. The minimum absolute atomic E-state index is 0.0487. The number of hydrogen-bond donors (Lipinski definition) is 1. The van der Waals surface area contributed by atoms with E-state index in [2.05, 4.69) is 29.1 Å². The number of carbonyl (C=O) groups is 2. The number of nitrogens with one attached hydrogen (secondary N) is 1. The molecule has 0 spiro atoms. The van der Waals surface area contributed by atoms with Crippen LogP contribution in [0.4, 0.5) is 0 Å². The predicted molar refractivity (Wildman–Crippen MR) is 86.4 cm³/mol. The van der Waals surface area contributed by atoms with E-state index in [1.807, 2.05) is 6.07 Å². The lowest BCUT2D eigenvalue weighted by Crippen LogP contribution is -2.43. The molecule has 1 saturated heterocycles. The molecule has 0 aromatic heterocycles. The molecule has 0 aliphatic carbocycles. The Hall–Kier alpha value is -1.65. The zero-order chi connectivity index (χ0) is 16.3. The second-order valence-electron chi connectivity index (χ2n) is 5.71. The highest BCUT2D eigenvalue weighted by Crippen LogP contribution is 2.20. The van der Waals surface area contributed by atoms with E-state index in [1.54, 1.807) is 6.26 Å². The second kappa shape index (κ2) is 7.07. The van der Waals surface area contributed by atoms with Crippen molar-refractivity contribution in [3.63, 3.8) is 0 Å². The molecule has 2 rings (SSSR count). The standard InChI is InChI=1S/C15H20N4O2S/c1-9(2)19-5-4-11(8-19)17-13(20)12-6-10(7-16)15(22-3)18-14(12)21/h6,9,11-12H,4-5,8H2,1-3H3,(H,17,20). The number of nitriles is 1. The summed E-state index contributed by atoms with van der Waals surface area (Å²) in [7, 11) is 0. The van der Waals surface area contributed by atoms with E-state index in [9.17, 15) is 9.59 Å². The maximum Gasteiger partial charge on any atom is 0.263 e. The van der Waals surface area contributed by atoms with E-state index in [4.69, 9.17) is 5.26 Å². The smallest absolute Gasteiger partial charge is 0.263 e. The molecule has 0 bridgehead atoms. The van der Waals surface area contributed by atoms with E-state index < -0.39 is 11.8 Å². The van der Waals surface area contributed by atoms with Gasteiger partial charge in [-0.3, -0.25) is 14.5 Å². The van der Waals surface area contributed by atoms with Gasteiger partial charge in [0.1, 0.15) is 17.0 Å². The minimum atomic E-state index is -0.987. The number of nitrogens with zero attached hydrogens (tertiary/aromatic N) is 3. The zero-order valence-electron chi connectivity index (χ0n) is 13.0. The van der Waals surface area contributed by atoms with Crippen LogP contribution < -0.4 is 5.32 Å². The number of dihydropyridines is 1. The molecule has 0 aromatic carbocycles. The normalized spacial score (nSPS) is 25.7. The van der Waals surface area contributed by atoms with Gasteiger partial charge in [0, 0.05) is 25.2 Å². The maximum absolute atomic E-state index is 12.3. The number of aliphatic imine (C=N–C) groups is 1. The fraction of sp³-hybridized carbons (Fsp3) is 0.600. The lowest BCUT2D eigenvalue weighted by atomic mass is 10.0. The van der Waals surface area contributed by atoms with Crippen molar-refractivity contribution in [1.29, 1.82) is 5.26 Å². The Morgan fingerprint density at radius 3 is 2.86 bits per heavy atom. The van der Waals surface area contributed by atoms with Crippen LogP contribution in [0.3, 0.4) is 0 Å². The van der Waals surface area contributed by atoms with Crippen LogP contribution in [0.5, 0.6) is 0 Å².